The zero-order chi connectivity index (χ0) is 129. The molecule has 0 unspecified atom stereocenters. The van der Waals surface area contributed by atoms with Crippen molar-refractivity contribution in [1.82, 2.24) is 0 Å². The van der Waals surface area contributed by atoms with Gasteiger partial charge in [-0.25, -0.2) is 9.69 Å². The van der Waals surface area contributed by atoms with Crippen LogP contribution in [0.2, 0.25) is 0 Å². The number of rotatable bonds is 4. The summed E-state index contributed by atoms with van der Waals surface area (Å²) in [5.74, 6) is 0. The molecule has 0 spiro atoms. The molecule has 0 aliphatic rings. The van der Waals surface area contributed by atoms with Crippen LogP contribution < -0.4 is 0 Å². The molecule has 24 rings (SSSR count). The normalized spacial score (nSPS) is 14.2. The molecule has 0 amide bonds. The maximum Gasteiger partial charge on any atom is 0.187 e. The van der Waals surface area contributed by atoms with E-state index in [4.69, 9.17) is 99.3 Å². The summed E-state index contributed by atoms with van der Waals surface area (Å²) in [7, 11) is 0. The molecule has 0 saturated carbocycles. The highest BCUT2D eigenvalue weighted by Gasteiger charge is 2.30. The molecule has 0 radical (unpaired) electrons. The van der Waals surface area contributed by atoms with Crippen molar-refractivity contribution in [3.05, 3.63) is 349 Å². The van der Waals surface area contributed by atoms with Gasteiger partial charge in [0.25, 0.3) is 0 Å². The average molecular weight is 1480 g/mol. The first kappa shape index (κ1) is 37.9. The molecule has 24 aromatic rings. The highest BCUT2D eigenvalue weighted by molar-refractivity contribution is 6.47. The fraction of sp³-hybridized carbons (Fsp3) is 0. The van der Waals surface area contributed by atoms with Gasteiger partial charge in [-0.3, -0.25) is 0 Å². The molecule has 0 aliphatic carbocycles. The highest BCUT2D eigenvalue weighted by Crippen LogP contribution is 2.58. The molecular weight excluding hydrogens is 1310 g/mol. The van der Waals surface area contributed by atoms with E-state index in [1.807, 2.05) is 72.8 Å². The smallest absolute Gasteiger partial charge is 0.187 e. The van der Waals surface area contributed by atoms with Crippen LogP contribution in [0.25, 0.3) is 248 Å². The van der Waals surface area contributed by atoms with Crippen LogP contribution in [-0.2, 0) is 0 Å². The topological polar surface area (TPSA) is 56.3 Å². The second-order valence-electron chi connectivity index (χ2n) is 29.1. The Kier molecular flexibility index (Phi) is 7.81. The molecule has 108 heavy (non-hydrogen) atoms. The monoisotopic (exact) mass is 1480 g/mol. The van der Waals surface area contributed by atoms with E-state index in [-0.39, 0.29) is 1.43 Å². The third kappa shape index (κ3) is 8.13. The lowest BCUT2D eigenvalue weighted by molar-refractivity contribution is 1.49. The van der Waals surface area contributed by atoms with Crippen LogP contribution in [0, 0.1) is 35.8 Å². The molecule has 0 bridgehead atoms. The van der Waals surface area contributed by atoms with Gasteiger partial charge in [0.1, 0.15) is 0 Å². The van der Waals surface area contributed by atoms with Crippen molar-refractivity contribution in [2.75, 3.05) is 0 Å². The first-order valence-corrected chi connectivity index (χ1v) is 36.5. The van der Waals surface area contributed by atoms with Crippen molar-refractivity contribution < 1.29 is 87.5 Å². The van der Waals surface area contributed by atoms with E-state index in [9.17, 15) is 10.5 Å². The van der Waals surface area contributed by atoms with Crippen LogP contribution in [0.5, 0.6) is 0 Å². The Bertz CT molecular complexity index is 8460. The molecule has 0 fully saturated rings. The number of nitriles is 2. The molecule has 4 nitrogen and oxygen atoms in total. The largest absolute Gasteiger partial charge is 0.238 e. The summed E-state index contributed by atoms with van der Waals surface area (Å²) in [6, 6.07) is 118. The average Bonchev–Trinajstić information content (AvgIpc) is 1.52. The van der Waals surface area contributed by atoms with E-state index >= 15 is 0 Å². The lowest BCUT2D eigenvalue weighted by Gasteiger charge is -2.18. The fourth-order valence-electron chi connectivity index (χ4n) is 19.5. The summed E-state index contributed by atoms with van der Waals surface area (Å²) in [6.07, 6.45) is 0. The van der Waals surface area contributed by atoms with E-state index < -0.39 is 0 Å². The second kappa shape index (κ2) is 22.2. The van der Waals surface area contributed by atoms with Gasteiger partial charge in [0.15, 0.2) is 11.4 Å². The zero-order valence-electron chi connectivity index (χ0n) is 116. The highest BCUT2D eigenvalue weighted by atomic mass is 14.6. The number of hydrogen-bond donors (Lipinski definition) is 0. The van der Waals surface area contributed by atoms with Crippen LogP contribution in [0.15, 0.2) is 315 Å². The summed E-state index contributed by atoms with van der Waals surface area (Å²) in [4.78, 5) is 7.78. The van der Waals surface area contributed by atoms with Gasteiger partial charge in [-0.05, 0) is 323 Å². The van der Waals surface area contributed by atoms with Gasteiger partial charge in [0.05, 0.1) is 36.4 Å². The second-order valence-corrected chi connectivity index (χ2v) is 29.1. The van der Waals surface area contributed by atoms with Crippen molar-refractivity contribution >= 4 is 205 Å². The number of benzene rings is 20. The molecular formula is C104H112N4. The van der Waals surface area contributed by atoms with E-state index in [1.54, 1.807) is 0 Å². The summed E-state index contributed by atoms with van der Waals surface area (Å²) in [5, 5.41) is 64.2. The Morgan fingerprint density at radius 3 is 0.787 bits per heavy atom. The molecule has 0 N–H and O–H groups in total. The van der Waals surface area contributed by atoms with Crippen LogP contribution in [0.3, 0.4) is 0 Å². The minimum Gasteiger partial charge on any atom is -0.238 e. The number of hydrogen-bond acceptors (Lipinski definition) is 2. The van der Waals surface area contributed by atoms with Gasteiger partial charge in [0.2, 0.25) is 0 Å². The molecule has 548 valence electrons. The summed E-state index contributed by atoms with van der Waals surface area (Å²) in [5.41, 5.74) is 11.1. The third-order valence-electron chi connectivity index (χ3n) is 23.8. The number of fused-ring (bicyclic) bond motifs is 22. The van der Waals surface area contributed by atoms with Gasteiger partial charge in [-0.15, -0.1) is 0 Å². The Balaban J connectivity index is -0.000000351. The zero-order valence-corrected chi connectivity index (χ0v) is 57.8. The van der Waals surface area contributed by atoms with E-state index in [1.165, 1.54) is 172 Å². The summed E-state index contributed by atoms with van der Waals surface area (Å²) in [6.45, 7) is 16.0. The molecule has 4 heteroatoms. The van der Waals surface area contributed by atoms with Crippen LogP contribution in [0.4, 0.5) is 11.4 Å². The van der Waals surface area contributed by atoms with Crippen LogP contribution in [0.1, 0.15) is 98.7 Å². The fourth-order valence-corrected chi connectivity index (χ4v) is 19.5. The minimum absolute atomic E-state index is 0. The van der Waals surface area contributed by atoms with E-state index in [0.29, 0.717) is 22.5 Å². The molecule has 0 atom stereocenters. The van der Waals surface area contributed by atoms with Crippen LogP contribution in [-0.4, -0.2) is 0 Å². The Hall–Kier alpha value is -15.0. The lowest BCUT2D eigenvalue weighted by Crippen LogP contribution is -1.90. The van der Waals surface area contributed by atoms with E-state index in [0.717, 1.165) is 66.1 Å². The van der Waals surface area contributed by atoms with Gasteiger partial charge in [-0.1, -0.05) is 231 Å². The maximum atomic E-state index is 10.2. The van der Waals surface area contributed by atoms with Crippen molar-refractivity contribution in [3.63, 3.8) is 0 Å². The summed E-state index contributed by atoms with van der Waals surface area (Å²) < 4.78 is 290. The van der Waals surface area contributed by atoms with E-state index in [2.05, 4.69) is 264 Å². The Morgan fingerprint density at radius 2 is 0.454 bits per heavy atom. The first-order valence-electron chi connectivity index (χ1n) is 65.5. The van der Waals surface area contributed by atoms with Crippen molar-refractivity contribution in [2.24, 2.45) is 0 Å². The SMILES string of the molecule is [2HH].[2H][2H].[2H][2H].[2H][2H].[2H][2H].[2H][2H].[2H][2H].[2H][2H].[2H][2H].[2H][2H].[2H][2H].[2H][2H].[2H][2H].[2H][2H].[2H][2H].[2H][2H].[2H][2H].[2H][2H].[2H][2H].[2H][2H].[2H][2H].[2H][2H].[2H][2H].[2H][2H].[2H][2H].[2H][2H].[2H][2H].[2H][2H].[2H][2H].[2H][2H].[C-]#[N+]c1cccc(-c2c3cc4c(cc3c(-c3cccc(C#N)c3)c3c5cc6ccccc6c6cccc(c23)c65)c2cc3ccccc3c3cccc4c32)c1.[C-]#[N+]c1cccc(-c2c3cc4c(cc3c(-c3cccc(C#N)c3)c3c5cc6ccccc6c6cccc(c23)c65)c2cccc3c5ccccc5cc4c32)c1. The summed E-state index contributed by atoms with van der Waals surface area (Å²) >= 11 is 0. The molecule has 0 heterocycles. The third-order valence-corrected chi connectivity index (χ3v) is 23.8. The van der Waals surface area contributed by atoms with Gasteiger partial charge < -0.3 is 0 Å². The Morgan fingerprint density at radius 1 is 0.204 bits per heavy atom. The molecule has 0 aromatic heterocycles. The van der Waals surface area contributed by atoms with Crippen molar-refractivity contribution in [1.29, 1.82) is 10.5 Å². The van der Waals surface area contributed by atoms with Gasteiger partial charge >= 0.3 is 0 Å². The molecule has 0 aliphatic heterocycles. The predicted molar refractivity (Wildman–Crippen MR) is 520 cm³/mol. The minimum atomic E-state index is 0. The maximum absolute atomic E-state index is 10.2. The predicted octanol–water partition coefficient (Wildman–Crippen LogP) is 36.8. The number of nitrogens with zero attached hydrogens (tertiary/aromatic N) is 4. The molecule has 0 saturated heterocycles. The Labute approximate surface area is 708 Å². The quantitative estimate of drug-likeness (QED) is 0.130. The van der Waals surface area contributed by atoms with Crippen LogP contribution >= 0.6 is 0 Å². The van der Waals surface area contributed by atoms with Crippen molar-refractivity contribution in [2.45, 2.75) is 0 Å². The lowest BCUT2D eigenvalue weighted by atomic mass is 9.85. The molecule has 24 aromatic carbocycles. The first-order chi connectivity index (χ1) is 82.4. The van der Waals surface area contributed by atoms with Gasteiger partial charge in [0, 0.05) is 87.5 Å². The van der Waals surface area contributed by atoms with Crippen molar-refractivity contribution in [3.8, 4) is 56.6 Å². The van der Waals surface area contributed by atoms with Gasteiger partial charge in [-0.2, -0.15) is 10.5 Å². The standard InChI is InChI=1S/2C52H26N2.30H2/c1-54-34-15-7-14-33(23-34)48-44-26-41-39-20-8-18-37-35-16-4-2-11-30(35)24-43(49(37)39)42(41)27-45(44)47(32-13-6-10-29(22-32)28-53)52-46-25-31-12-3-5-17-36(31)38-19-9-21-40(50(38)46)51(48)52;1-54-34-15-7-14-33(23-34)48-45-27-42-41(39-20-8-18-37-35-16-4-2-11-30(35)24-43(42)49(37)39)26-44(45)47(32-13-6-10-29(22-32)28-53)52-46-25-31-12-3-5-17-36(31)38-19-9-21-40(50(38)46)51(48)52;;;;;;;;;;;;;;;;;;;;;;;;;;;;;;/h2*2-27H;30*1H/i;;29*1+1D;1+1.